The van der Waals surface area contributed by atoms with Gasteiger partial charge < -0.3 is 10.6 Å². The molecule has 20 heavy (non-hydrogen) atoms. The second-order valence-corrected chi connectivity index (χ2v) is 7.50. The van der Waals surface area contributed by atoms with Gasteiger partial charge in [-0.3, -0.25) is 4.79 Å². The summed E-state index contributed by atoms with van der Waals surface area (Å²) in [7, 11) is 0. The van der Waals surface area contributed by atoms with E-state index in [9.17, 15) is 4.79 Å². The summed E-state index contributed by atoms with van der Waals surface area (Å²) in [4.78, 5) is 14.6. The van der Waals surface area contributed by atoms with Crippen molar-refractivity contribution in [2.45, 2.75) is 45.7 Å². The fraction of sp³-hybridized carbons (Fsp3) is 0.562. The van der Waals surface area contributed by atoms with Gasteiger partial charge in [0, 0.05) is 11.0 Å². The third kappa shape index (κ3) is 3.23. The maximum Gasteiger partial charge on any atom is 0.240 e. The van der Waals surface area contributed by atoms with Gasteiger partial charge in [0.1, 0.15) is 0 Å². The van der Waals surface area contributed by atoms with Crippen molar-refractivity contribution >= 4 is 21.8 Å². The van der Waals surface area contributed by atoms with Crippen molar-refractivity contribution in [2.75, 3.05) is 6.54 Å². The molecule has 1 heterocycles. The number of halogens is 1. The molecular weight excluding hydrogens is 316 g/mol. The van der Waals surface area contributed by atoms with Gasteiger partial charge in [0.05, 0.1) is 12.1 Å². The molecule has 1 aromatic rings. The Morgan fingerprint density at radius 3 is 2.75 bits per heavy atom. The van der Waals surface area contributed by atoms with Crippen molar-refractivity contribution in [1.82, 2.24) is 4.90 Å². The largest absolute Gasteiger partial charge is 0.334 e. The second-order valence-electron chi connectivity index (χ2n) is 6.59. The first-order chi connectivity index (χ1) is 9.30. The predicted octanol–water partition coefficient (Wildman–Crippen LogP) is 3.49. The van der Waals surface area contributed by atoms with Crippen LogP contribution in [0.4, 0.5) is 0 Å². The van der Waals surface area contributed by atoms with Crippen molar-refractivity contribution in [2.24, 2.45) is 11.1 Å². The fourth-order valence-electron chi connectivity index (χ4n) is 2.64. The molecule has 1 aromatic carbocycles. The number of carbonyl (C=O) groups excluding carboxylic acids is 1. The molecule has 1 fully saturated rings. The van der Waals surface area contributed by atoms with Gasteiger partial charge in [0.25, 0.3) is 0 Å². The van der Waals surface area contributed by atoms with Crippen LogP contribution >= 0.6 is 15.9 Å². The lowest BCUT2D eigenvalue weighted by molar-refractivity contribution is -0.135. The maximum atomic E-state index is 12.6. The molecule has 1 saturated heterocycles. The number of benzene rings is 1. The van der Waals surface area contributed by atoms with Gasteiger partial charge in [-0.15, -0.1) is 0 Å². The van der Waals surface area contributed by atoms with Gasteiger partial charge in [0.15, 0.2) is 0 Å². The van der Waals surface area contributed by atoms with Crippen molar-refractivity contribution < 1.29 is 4.79 Å². The van der Waals surface area contributed by atoms with E-state index in [0.29, 0.717) is 0 Å². The molecule has 1 aliphatic heterocycles. The molecular formula is C16H23BrN2O. The summed E-state index contributed by atoms with van der Waals surface area (Å²) in [6, 6.07) is 7.92. The lowest BCUT2D eigenvalue weighted by Gasteiger charge is -2.33. The second kappa shape index (κ2) is 5.86. The molecule has 4 heteroatoms. The van der Waals surface area contributed by atoms with Crippen molar-refractivity contribution in [3.63, 3.8) is 0 Å². The molecule has 0 aromatic heterocycles. The Bertz CT molecular complexity index is 495. The number of nitrogens with zero attached hydrogens (tertiary/aromatic N) is 1. The zero-order valence-corrected chi connectivity index (χ0v) is 14.0. The highest BCUT2D eigenvalue weighted by atomic mass is 79.9. The third-order valence-electron chi connectivity index (χ3n) is 3.97. The molecule has 3 nitrogen and oxygen atoms in total. The molecule has 2 atom stereocenters. The summed E-state index contributed by atoms with van der Waals surface area (Å²) in [6.45, 7) is 6.85. The molecule has 1 amide bonds. The smallest absolute Gasteiger partial charge is 0.240 e. The number of likely N-dealkylation sites (tertiary alicyclic amines) is 1. The fourth-order valence-corrected chi connectivity index (χ4v) is 3.06. The maximum absolute atomic E-state index is 12.6. The van der Waals surface area contributed by atoms with Crippen molar-refractivity contribution in [1.29, 1.82) is 0 Å². The highest BCUT2D eigenvalue weighted by Crippen LogP contribution is 2.34. The highest BCUT2D eigenvalue weighted by molar-refractivity contribution is 9.10. The Labute approximate surface area is 129 Å². The number of hydrogen-bond acceptors (Lipinski definition) is 2. The minimum atomic E-state index is -0.449. The topological polar surface area (TPSA) is 46.3 Å². The van der Waals surface area contributed by atoms with Gasteiger partial charge in [0.2, 0.25) is 5.91 Å². The minimum absolute atomic E-state index is 0.0694. The Hall–Kier alpha value is -0.870. The van der Waals surface area contributed by atoms with E-state index in [1.807, 2.05) is 37.8 Å². The van der Waals surface area contributed by atoms with Crippen LogP contribution < -0.4 is 5.73 Å². The Morgan fingerprint density at radius 1 is 1.45 bits per heavy atom. The van der Waals surface area contributed by atoms with Crippen LogP contribution in [0.25, 0.3) is 0 Å². The van der Waals surface area contributed by atoms with Crippen LogP contribution in [-0.2, 0) is 4.79 Å². The van der Waals surface area contributed by atoms with Gasteiger partial charge in [-0.2, -0.15) is 0 Å². The average Bonchev–Trinajstić information content (AvgIpc) is 2.85. The predicted molar refractivity (Wildman–Crippen MR) is 85.3 cm³/mol. The Balaban J connectivity index is 2.21. The average molecular weight is 339 g/mol. The van der Waals surface area contributed by atoms with E-state index in [1.165, 1.54) is 5.56 Å². The molecule has 1 unspecified atom stereocenters. The van der Waals surface area contributed by atoms with E-state index < -0.39 is 6.04 Å². The quantitative estimate of drug-likeness (QED) is 0.897. The first kappa shape index (κ1) is 15.5. The molecule has 2 N–H and O–H groups in total. The van der Waals surface area contributed by atoms with Crippen molar-refractivity contribution in [3.8, 4) is 0 Å². The molecule has 0 radical (unpaired) electrons. The summed E-state index contributed by atoms with van der Waals surface area (Å²) in [6.07, 6.45) is 2.05. The standard InChI is InChI=1S/C16H23BrN2O/c1-16(2,3)14(18)15(20)19-9-5-8-13(19)11-6-4-7-12(17)10-11/h4,6-7,10,13-14H,5,8-9,18H2,1-3H3/t13?,14-/m1/s1. The summed E-state index contributed by atoms with van der Waals surface area (Å²) < 4.78 is 1.05. The number of nitrogens with two attached hydrogens (primary N) is 1. The van der Waals surface area contributed by atoms with Crippen LogP contribution in [0.2, 0.25) is 0 Å². The lowest BCUT2D eigenvalue weighted by atomic mass is 9.86. The number of amides is 1. The minimum Gasteiger partial charge on any atom is -0.334 e. The van der Waals surface area contributed by atoms with Crippen LogP contribution in [-0.4, -0.2) is 23.4 Å². The van der Waals surface area contributed by atoms with E-state index in [2.05, 4.69) is 28.1 Å². The molecule has 0 saturated carbocycles. The first-order valence-electron chi connectivity index (χ1n) is 7.12. The van der Waals surface area contributed by atoms with Crippen LogP contribution in [0.1, 0.15) is 45.2 Å². The van der Waals surface area contributed by atoms with E-state index >= 15 is 0 Å². The van der Waals surface area contributed by atoms with Crippen LogP contribution in [0.5, 0.6) is 0 Å². The monoisotopic (exact) mass is 338 g/mol. The first-order valence-corrected chi connectivity index (χ1v) is 7.91. The SMILES string of the molecule is CC(C)(C)[C@H](N)C(=O)N1CCCC1c1cccc(Br)c1. The van der Waals surface area contributed by atoms with Gasteiger partial charge in [-0.05, 0) is 36.0 Å². The number of rotatable bonds is 2. The van der Waals surface area contributed by atoms with Crippen molar-refractivity contribution in [3.05, 3.63) is 34.3 Å². The third-order valence-corrected chi connectivity index (χ3v) is 4.46. The lowest BCUT2D eigenvalue weighted by Crippen LogP contribution is -2.50. The summed E-state index contributed by atoms with van der Waals surface area (Å²) in [5, 5.41) is 0. The van der Waals surface area contributed by atoms with E-state index in [0.717, 1.165) is 23.9 Å². The van der Waals surface area contributed by atoms with Gasteiger partial charge in [-0.25, -0.2) is 0 Å². The van der Waals surface area contributed by atoms with Crippen LogP contribution in [0.3, 0.4) is 0 Å². The summed E-state index contributed by atoms with van der Waals surface area (Å²) >= 11 is 3.50. The summed E-state index contributed by atoms with van der Waals surface area (Å²) in [5.74, 6) is 0.0694. The Kier molecular flexibility index (Phi) is 4.55. The van der Waals surface area contributed by atoms with Crippen LogP contribution in [0.15, 0.2) is 28.7 Å². The Morgan fingerprint density at radius 2 is 2.15 bits per heavy atom. The van der Waals surface area contributed by atoms with Crippen LogP contribution in [0, 0.1) is 5.41 Å². The number of carbonyl (C=O) groups is 1. The zero-order valence-electron chi connectivity index (χ0n) is 12.4. The molecule has 0 spiro atoms. The van der Waals surface area contributed by atoms with E-state index in [1.54, 1.807) is 0 Å². The van der Waals surface area contributed by atoms with E-state index in [-0.39, 0.29) is 17.4 Å². The molecule has 110 valence electrons. The normalized spacial score (nSPS) is 21.1. The molecule has 0 aliphatic carbocycles. The molecule has 0 bridgehead atoms. The number of hydrogen-bond donors (Lipinski definition) is 1. The zero-order chi connectivity index (χ0) is 14.9. The summed E-state index contributed by atoms with van der Waals surface area (Å²) in [5.41, 5.74) is 7.12. The van der Waals surface area contributed by atoms with Gasteiger partial charge in [-0.1, -0.05) is 48.8 Å². The molecule has 2 rings (SSSR count). The van der Waals surface area contributed by atoms with E-state index in [4.69, 9.17) is 5.73 Å². The van der Waals surface area contributed by atoms with Gasteiger partial charge >= 0.3 is 0 Å². The molecule has 1 aliphatic rings. The highest BCUT2D eigenvalue weighted by Gasteiger charge is 2.36.